The number of amides is 2. The molecule has 96 valence electrons. The van der Waals surface area contributed by atoms with Gasteiger partial charge in [0.05, 0.1) is 6.54 Å². The van der Waals surface area contributed by atoms with Gasteiger partial charge in [-0.1, -0.05) is 0 Å². The van der Waals surface area contributed by atoms with Crippen LogP contribution >= 0.6 is 0 Å². The highest BCUT2D eigenvalue weighted by Gasteiger charge is 2.23. The highest BCUT2D eigenvalue weighted by Crippen LogP contribution is 2.18. The van der Waals surface area contributed by atoms with E-state index in [2.05, 4.69) is 5.32 Å². The van der Waals surface area contributed by atoms with Crippen LogP contribution in [0.15, 0.2) is 12.1 Å². The first-order valence-corrected chi connectivity index (χ1v) is 5.29. The Hall–Kier alpha value is -2.18. The van der Waals surface area contributed by atoms with Crippen molar-refractivity contribution in [3.63, 3.8) is 0 Å². The lowest BCUT2D eigenvalue weighted by Gasteiger charge is -2.26. The van der Waals surface area contributed by atoms with Crippen molar-refractivity contribution in [2.75, 3.05) is 25.4 Å². The summed E-state index contributed by atoms with van der Waals surface area (Å²) in [5, 5.41) is 2.55. The van der Waals surface area contributed by atoms with Gasteiger partial charge in [0, 0.05) is 18.7 Å². The minimum atomic E-state index is -0.986. The molecule has 1 fully saturated rings. The van der Waals surface area contributed by atoms with Crippen molar-refractivity contribution in [3.05, 3.63) is 29.3 Å². The van der Waals surface area contributed by atoms with E-state index < -0.39 is 23.2 Å². The molecular weight excluding hydrogens is 244 g/mol. The van der Waals surface area contributed by atoms with Crippen molar-refractivity contribution < 1.29 is 18.4 Å². The largest absolute Gasteiger partial charge is 0.394 e. The lowest BCUT2D eigenvalue weighted by molar-refractivity contribution is -0.123. The summed E-state index contributed by atoms with van der Waals surface area (Å²) < 4.78 is 26.5. The predicted octanol–water partition coefficient (Wildman–Crippen LogP) is 0.119. The average molecular weight is 255 g/mol. The first kappa shape index (κ1) is 12.3. The molecule has 7 heteroatoms. The number of benzene rings is 1. The Kier molecular flexibility index (Phi) is 3.14. The Morgan fingerprint density at radius 2 is 1.94 bits per heavy atom. The van der Waals surface area contributed by atoms with E-state index in [1.54, 1.807) is 0 Å². The molecule has 1 aliphatic rings. The molecule has 2 amide bonds. The van der Waals surface area contributed by atoms with Crippen molar-refractivity contribution >= 4 is 17.5 Å². The number of hydrogen-bond donors (Lipinski definition) is 2. The summed E-state index contributed by atoms with van der Waals surface area (Å²) in [4.78, 5) is 24.3. The highest BCUT2D eigenvalue weighted by atomic mass is 19.1. The monoisotopic (exact) mass is 255 g/mol. The molecule has 1 saturated heterocycles. The van der Waals surface area contributed by atoms with Crippen LogP contribution in [0.3, 0.4) is 0 Å². The van der Waals surface area contributed by atoms with Gasteiger partial charge in [0.15, 0.2) is 0 Å². The smallest absolute Gasteiger partial charge is 0.254 e. The summed E-state index contributed by atoms with van der Waals surface area (Å²) in [7, 11) is 0. The second kappa shape index (κ2) is 4.59. The molecule has 1 aromatic carbocycles. The standard InChI is InChI=1S/C11H11F2N3O2/c12-7-3-6(4-8(13)10(7)14)11(18)16-2-1-15-9(17)5-16/h3-4H,1-2,5,14H2,(H,15,17). The number of nitrogen functional groups attached to an aromatic ring is 1. The molecule has 0 spiro atoms. The second-order valence-corrected chi connectivity index (χ2v) is 3.93. The van der Waals surface area contributed by atoms with E-state index in [0.29, 0.717) is 13.1 Å². The molecule has 0 bridgehead atoms. The highest BCUT2D eigenvalue weighted by molar-refractivity contribution is 5.97. The molecule has 0 unspecified atom stereocenters. The third-order valence-electron chi connectivity index (χ3n) is 2.65. The lowest BCUT2D eigenvalue weighted by atomic mass is 10.1. The van der Waals surface area contributed by atoms with Crippen LogP contribution in [-0.2, 0) is 4.79 Å². The fourth-order valence-corrected chi connectivity index (χ4v) is 1.70. The number of piperazine rings is 1. The van der Waals surface area contributed by atoms with E-state index >= 15 is 0 Å². The first-order chi connectivity index (χ1) is 8.49. The number of hydrogen-bond acceptors (Lipinski definition) is 3. The van der Waals surface area contributed by atoms with Crippen LogP contribution in [0.2, 0.25) is 0 Å². The summed E-state index contributed by atoms with van der Waals surface area (Å²) in [5.74, 6) is -2.87. The van der Waals surface area contributed by atoms with Gasteiger partial charge < -0.3 is 16.0 Å². The van der Waals surface area contributed by atoms with Crippen molar-refractivity contribution in [3.8, 4) is 0 Å². The van der Waals surface area contributed by atoms with Crippen molar-refractivity contribution in [2.24, 2.45) is 0 Å². The van der Waals surface area contributed by atoms with Gasteiger partial charge in [0.2, 0.25) is 5.91 Å². The van der Waals surface area contributed by atoms with Crippen LogP contribution in [0, 0.1) is 11.6 Å². The van der Waals surface area contributed by atoms with Crippen LogP contribution in [0.25, 0.3) is 0 Å². The number of nitrogens with one attached hydrogen (secondary N) is 1. The Morgan fingerprint density at radius 3 is 2.50 bits per heavy atom. The molecule has 2 rings (SSSR count). The molecule has 0 atom stereocenters. The molecule has 0 radical (unpaired) electrons. The van der Waals surface area contributed by atoms with E-state index in [1.807, 2.05) is 0 Å². The zero-order chi connectivity index (χ0) is 13.3. The summed E-state index contributed by atoms with van der Waals surface area (Å²) in [6.45, 7) is 0.509. The maximum atomic E-state index is 13.2. The van der Waals surface area contributed by atoms with Crippen LogP contribution in [0.4, 0.5) is 14.5 Å². The van der Waals surface area contributed by atoms with Crippen molar-refractivity contribution in [1.29, 1.82) is 0 Å². The predicted molar refractivity (Wildman–Crippen MR) is 59.7 cm³/mol. The molecule has 3 N–H and O–H groups in total. The van der Waals surface area contributed by atoms with Crippen LogP contribution < -0.4 is 11.1 Å². The Morgan fingerprint density at radius 1 is 1.33 bits per heavy atom. The quantitative estimate of drug-likeness (QED) is 0.700. The average Bonchev–Trinajstić information content (AvgIpc) is 2.34. The number of halogens is 2. The van der Waals surface area contributed by atoms with Gasteiger partial charge in [0.25, 0.3) is 5.91 Å². The minimum absolute atomic E-state index is 0.119. The summed E-state index contributed by atoms with van der Waals surface area (Å²) in [6.07, 6.45) is 0. The number of nitrogens with zero attached hydrogens (tertiary/aromatic N) is 1. The molecule has 0 aromatic heterocycles. The molecule has 18 heavy (non-hydrogen) atoms. The molecule has 5 nitrogen and oxygen atoms in total. The zero-order valence-electron chi connectivity index (χ0n) is 9.37. The van der Waals surface area contributed by atoms with Gasteiger partial charge in [-0.05, 0) is 12.1 Å². The summed E-state index contributed by atoms with van der Waals surface area (Å²) >= 11 is 0. The third kappa shape index (κ3) is 2.24. The summed E-state index contributed by atoms with van der Waals surface area (Å²) in [6, 6.07) is 1.74. The van der Waals surface area contributed by atoms with E-state index in [9.17, 15) is 18.4 Å². The molecular formula is C11H11F2N3O2. The first-order valence-electron chi connectivity index (χ1n) is 5.29. The van der Waals surface area contributed by atoms with Gasteiger partial charge in [-0.2, -0.15) is 0 Å². The Bertz CT molecular complexity index is 496. The molecule has 0 aliphatic carbocycles. The maximum absolute atomic E-state index is 13.2. The molecule has 0 saturated carbocycles. The fourth-order valence-electron chi connectivity index (χ4n) is 1.70. The van der Waals surface area contributed by atoms with Gasteiger partial charge in [-0.25, -0.2) is 8.78 Å². The summed E-state index contributed by atoms with van der Waals surface area (Å²) in [5.41, 5.74) is 4.33. The van der Waals surface area contributed by atoms with Crippen LogP contribution in [0.5, 0.6) is 0 Å². The van der Waals surface area contributed by atoms with Gasteiger partial charge in [0.1, 0.15) is 17.3 Å². The Balaban J connectivity index is 2.26. The van der Waals surface area contributed by atoms with Crippen molar-refractivity contribution in [1.82, 2.24) is 10.2 Å². The van der Waals surface area contributed by atoms with E-state index in [4.69, 9.17) is 5.73 Å². The van der Waals surface area contributed by atoms with Gasteiger partial charge >= 0.3 is 0 Å². The van der Waals surface area contributed by atoms with Crippen LogP contribution in [0.1, 0.15) is 10.4 Å². The van der Waals surface area contributed by atoms with E-state index in [0.717, 1.165) is 12.1 Å². The fraction of sp³-hybridized carbons (Fsp3) is 0.273. The Labute approximate surface area is 102 Å². The maximum Gasteiger partial charge on any atom is 0.254 e. The lowest BCUT2D eigenvalue weighted by Crippen LogP contribution is -2.50. The van der Waals surface area contributed by atoms with Crippen LogP contribution in [-0.4, -0.2) is 36.3 Å². The topological polar surface area (TPSA) is 75.4 Å². The number of nitrogens with two attached hydrogens (primary N) is 1. The molecule has 1 aliphatic heterocycles. The second-order valence-electron chi connectivity index (χ2n) is 3.93. The van der Waals surface area contributed by atoms with E-state index in [-0.39, 0.29) is 18.0 Å². The van der Waals surface area contributed by atoms with Gasteiger partial charge in [-0.3, -0.25) is 9.59 Å². The number of rotatable bonds is 1. The number of carbonyl (C=O) groups is 2. The minimum Gasteiger partial charge on any atom is -0.394 e. The SMILES string of the molecule is Nc1c(F)cc(C(=O)N2CCNC(=O)C2)cc1F. The number of anilines is 1. The van der Waals surface area contributed by atoms with Crippen molar-refractivity contribution in [2.45, 2.75) is 0 Å². The molecule has 1 aromatic rings. The number of carbonyl (C=O) groups excluding carboxylic acids is 2. The zero-order valence-corrected chi connectivity index (χ0v) is 9.37. The molecule has 1 heterocycles. The van der Waals surface area contributed by atoms with E-state index in [1.165, 1.54) is 4.90 Å². The third-order valence-corrected chi connectivity index (χ3v) is 2.65. The van der Waals surface area contributed by atoms with Gasteiger partial charge in [-0.15, -0.1) is 0 Å². The normalized spacial score (nSPS) is 15.4.